The molecule has 0 heterocycles. The van der Waals surface area contributed by atoms with Crippen LogP contribution in [0.1, 0.15) is 72.4 Å². The summed E-state index contributed by atoms with van der Waals surface area (Å²) in [5.74, 6) is 1.60. The van der Waals surface area contributed by atoms with Crippen LogP contribution < -0.4 is 0 Å². The Morgan fingerprint density at radius 2 is 1.50 bits per heavy atom. The van der Waals surface area contributed by atoms with Gasteiger partial charge in [0, 0.05) is 22.4 Å². The van der Waals surface area contributed by atoms with Crippen LogP contribution in [0.25, 0.3) is 0 Å². The van der Waals surface area contributed by atoms with Crippen molar-refractivity contribution in [1.82, 2.24) is 0 Å². The van der Waals surface area contributed by atoms with E-state index in [0.717, 1.165) is 23.3 Å². The number of phenols is 1. The highest BCUT2D eigenvalue weighted by Crippen LogP contribution is 2.41. The zero-order chi connectivity index (χ0) is 17.1. The average Bonchev–Trinajstić information content (AvgIpc) is 2.33. The van der Waals surface area contributed by atoms with Crippen molar-refractivity contribution in [2.75, 3.05) is 5.75 Å². The Morgan fingerprint density at radius 1 is 1.05 bits per heavy atom. The molecule has 0 bridgehead atoms. The van der Waals surface area contributed by atoms with Crippen molar-refractivity contribution >= 4 is 17.5 Å². The molecule has 22 heavy (non-hydrogen) atoms. The molecule has 1 N–H and O–H groups in total. The number of hydrogen-bond acceptors (Lipinski definition) is 3. The van der Waals surface area contributed by atoms with Crippen LogP contribution in [0.15, 0.2) is 17.0 Å². The first-order valence-electron chi connectivity index (χ1n) is 7.93. The Bertz CT molecular complexity index is 498. The normalized spacial score (nSPS) is 12.5. The highest BCUT2D eigenvalue weighted by atomic mass is 32.2. The second kappa shape index (κ2) is 7.08. The van der Waals surface area contributed by atoms with Gasteiger partial charge in [-0.05, 0) is 42.1 Å². The van der Waals surface area contributed by atoms with Crippen molar-refractivity contribution in [3.05, 3.63) is 23.3 Å². The predicted octanol–water partition coefficient (Wildman–Crippen LogP) is 5.45. The van der Waals surface area contributed by atoms with E-state index in [4.69, 9.17) is 0 Å². The molecule has 2 nitrogen and oxygen atoms in total. The lowest BCUT2D eigenvalue weighted by Crippen LogP contribution is -2.17. The molecule has 1 aromatic rings. The second-order valence-corrected chi connectivity index (χ2v) is 9.19. The molecule has 0 spiro atoms. The lowest BCUT2D eigenvalue weighted by atomic mass is 9.79. The minimum atomic E-state index is -0.0972. The van der Waals surface area contributed by atoms with E-state index in [1.165, 1.54) is 4.90 Å². The highest BCUT2D eigenvalue weighted by Gasteiger charge is 2.26. The maximum Gasteiger partial charge on any atom is 0.129 e. The fourth-order valence-electron chi connectivity index (χ4n) is 2.35. The van der Waals surface area contributed by atoms with E-state index in [2.05, 4.69) is 53.7 Å². The number of rotatable bonds is 5. The number of carbonyl (C=O) groups is 1. The molecule has 0 aliphatic rings. The third kappa shape index (κ3) is 5.35. The van der Waals surface area contributed by atoms with Gasteiger partial charge in [-0.2, -0.15) is 0 Å². The van der Waals surface area contributed by atoms with Crippen LogP contribution >= 0.6 is 11.8 Å². The largest absolute Gasteiger partial charge is 0.507 e. The number of benzene rings is 1. The van der Waals surface area contributed by atoms with Gasteiger partial charge in [0.15, 0.2) is 0 Å². The van der Waals surface area contributed by atoms with Crippen molar-refractivity contribution in [2.24, 2.45) is 0 Å². The maximum atomic E-state index is 11.0. The van der Waals surface area contributed by atoms with E-state index in [0.29, 0.717) is 12.2 Å². The van der Waals surface area contributed by atoms with E-state index in [1.807, 2.05) is 0 Å². The monoisotopic (exact) mass is 322 g/mol. The molecule has 0 saturated carbocycles. The van der Waals surface area contributed by atoms with Crippen LogP contribution in [-0.2, 0) is 15.6 Å². The van der Waals surface area contributed by atoms with Gasteiger partial charge < -0.3 is 9.90 Å². The molecule has 0 fully saturated rings. The molecular weight excluding hydrogens is 292 g/mol. The number of ketones is 1. The van der Waals surface area contributed by atoms with Gasteiger partial charge in [-0.3, -0.25) is 0 Å². The average molecular weight is 323 g/mol. The SMILES string of the molecule is CC(=O)CCCSc1cc(C(C)(C)C)c(O)c(C(C)(C)C)c1. The lowest BCUT2D eigenvalue weighted by Gasteiger charge is -2.28. The number of carbonyl (C=O) groups excluding carboxylic acids is 1. The molecule has 1 aromatic carbocycles. The molecule has 0 amide bonds. The molecule has 0 aromatic heterocycles. The lowest BCUT2D eigenvalue weighted by molar-refractivity contribution is -0.117. The van der Waals surface area contributed by atoms with Crippen LogP contribution in [0.3, 0.4) is 0 Å². The van der Waals surface area contributed by atoms with Crippen LogP contribution in [-0.4, -0.2) is 16.6 Å². The third-order valence-corrected chi connectivity index (χ3v) is 4.70. The van der Waals surface area contributed by atoms with Crippen molar-refractivity contribution in [3.63, 3.8) is 0 Å². The fraction of sp³-hybridized carbons (Fsp3) is 0.632. The third-order valence-electron chi connectivity index (χ3n) is 3.64. The topological polar surface area (TPSA) is 37.3 Å². The smallest absolute Gasteiger partial charge is 0.129 e. The van der Waals surface area contributed by atoms with Gasteiger partial charge in [-0.25, -0.2) is 0 Å². The minimum absolute atomic E-state index is 0.0972. The quantitative estimate of drug-likeness (QED) is 0.578. The summed E-state index contributed by atoms with van der Waals surface area (Å²) in [6.07, 6.45) is 1.54. The highest BCUT2D eigenvalue weighted by molar-refractivity contribution is 7.99. The van der Waals surface area contributed by atoms with Crippen LogP contribution in [0.4, 0.5) is 0 Å². The summed E-state index contributed by atoms with van der Waals surface area (Å²) in [6, 6.07) is 4.20. The van der Waals surface area contributed by atoms with Gasteiger partial charge in [-0.1, -0.05) is 41.5 Å². The zero-order valence-corrected chi connectivity index (χ0v) is 15.9. The second-order valence-electron chi connectivity index (χ2n) is 8.02. The van der Waals surface area contributed by atoms with E-state index >= 15 is 0 Å². The Morgan fingerprint density at radius 3 is 1.86 bits per heavy atom. The maximum absolute atomic E-state index is 11.0. The zero-order valence-electron chi connectivity index (χ0n) is 15.0. The number of aromatic hydroxyl groups is 1. The molecule has 0 aliphatic heterocycles. The molecule has 3 heteroatoms. The molecule has 0 unspecified atom stereocenters. The van der Waals surface area contributed by atoms with Crippen molar-refractivity contribution in [2.45, 2.75) is 77.0 Å². The molecule has 0 radical (unpaired) electrons. The minimum Gasteiger partial charge on any atom is -0.507 e. The van der Waals surface area contributed by atoms with Crippen LogP contribution in [0.5, 0.6) is 5.75 Å². The van der Waals surface area contributed by atoms with Crippen molar-refractivity contribution in [1.29, 1.82) is 0 Å². The Kier molecular flexibility index (Phi) is 6.14. The molecule has 0 saturated heterocycles. The Balaban J connectivity index is 3.10. The van der Waals surface area contributed by atoms with E-state index in [-0.39, 0.29) is 16.6 Å². The summed E-state index contributed by atoms with van der Waals surface area (Å²) < 4.78 is 0. The number of Topliss-reactive ketones (excluding diaryl/α,β-unsaturated/α-hetero) is 1. The summed E-state index contributed by atoms with van der Waals surface area (Å²) in [5, 5.41) is 10.7. The van der Waals surface area contributed by atoms with Gasteiger partial charge in [0.25, 0.3) is 0 Å². The molecule has 0 atom stereocenters. The van der Waals surface area contributed by atoms with Gasteiger partial charge in [0.05, 0.1) is 0 Å². The summed E-state index contributed by atoms with van der Waals surface area (Å²) in [7, 11) is 0. The molecule has 124 valence electrons. The van der Waals surface area contributed by atoms with Crippen molar-refractivity contribution in [3.8, 4) is 5.75 Å². The van der Waals surface area contributed by atoms with Crippen LogP contribution in [0.2, 0.25) is 0 Å². The summed E-state index contributed by atoms with van der Waals surface area (Å²) >= 11 is 1.77. The summed E-state index contributed by atoms with van der Waals surface area (Å²) in [5.41, 5.74) is 1.79. The molecule has 1 rings (SSSR count). The fourth-order valence-corrected chi connectivity index (χ4v) is 3.27. The van der Waals surface area contributed by atoms with Gasteiger partial charge >= 0.3 is 0 Å². The first kappa shape index (κ1) is 19.1. The van der Waals surface area contributed by atoms with E-state index in [1.54, 1.807) is 18.7 Å². The van der Waals surface area contributed by atoms with E-state index < -0.39 is 0 Å². The molecular formula is C19H30O2S. The Hall–Kier alpha value is -0.960. The summed E-state index contributed by atoms with van der Waals surface area (Å²) in [6.45, 7) is 14.4. The number of phenolic OH excluding ortho intramolecular Hbond substituents is 1. The standard InChI is InChI=1S/C19H30O2S/c1-13(20)9-8-10-22-14-11-15(18(2,3)4)17(21)16(12-14)19(5,6)7/h11-12,21H,8-10H2,1-7H3. The first-order valence-corrected chi connectivity index (χ1v) is 8.91. The van der Waals surface area contributed by atoms with E-state index in [9.17, 15) is 9.90 Å². The summed E-state index contributed by atoms with van der Waals surface area (Å²) in [4.78, 5) is 12.2. The Labute approximate surface area is 139 Å². The first-order chi connectivity index (χ1) is 9.93. The van der Waals surface area contributed by atoms with Gasteiger partial charge in [0.1, 0.15) is 11.5 Å². The van der Waals surface area contributed by atoms with Gasteiger partial charge in [0.2, 0.25) is 0 Å². The molecule has 0 aliphatic carbocycles. The van der Waals surface area contributed by atoms with Crippen molar-refractivity contribution < 1.29 is 9.90 Å². The number of hydrogen-bond donors (Lipinski definition) is 1. The predicted molar refractivity (Wildman–Crippen MR) is 96.1 cm³/mol. The van der Waals surface area contributed by atoms with Gasteiger partial charge in [-0.15, -0.1) is 11.8 Å². The van der Waals surface area contributed by atoms with Crippen LogP contribution in [0, 0.1) is 0 Å². The number of thioether (sulfide) groups is 1.